The summed E-state index contributed by atoms with van der Waals surface area (Å²) in [7, 11) is 2.14. The smallest absolute Gasteiger partial charge is 0.232 e. The summed E-state index contributed by atoms with van der Waals surface area (Å²) in [4.78, 5) is 17.7. The monoisotopic (exact) mass is 341 g/mol. The Balaban J connectivity index is 1.68. The van der Waals surface area contributed by atoms with Gasteiger partial charge in [-0.15, -0.1) is 0 Å². The first kappa shape index (κ1) is 17.6. The predicted molar refractivity (Wildman–Crippen MR) is 101 cm³/mol. The highest BCUT2D eigenvalue weighted by Crippen LogP contribution is 2.19. The van der Waals surface area contributed by atoms with Crippen LogP contribution in [0.5, 0.6) is 0 Å². The van der Waals surface area contributed by atoms with Gasteiger partial charge >= 0.3 is 0 Å². The van der Waals surface area contributed by atoms with Gasteiger partial charge in [-0.1, -0.05) is 26.0 Å². The molecule has 1 fully saturated rings. The average Bonchev–Trinajstić information content (AvgIpc) is 2.57. The number of benzene rings is 1. The lowest BCUT2D eigenvalue weighted by Gasteiger charge is -2.31. The Morgan fingerprint density at radius 2 is 1.72 bits per heavy atom. The first-order chi connectivity index (χ1) is 12.0. The quantitative estimate of drug-likeness (QED) is 0.861. The molecule has 25 heavy (non-hydrogen) atoms. The maximum Gasteiger partial charge on any atom is 0.232 e. The maximum absolute atomic E-state index is 5.88. The Hall–Kier alpha value is -2.25. The van der Waals surface area contributed by atoms with Crippen LogP contribution in [-0.4, -0.2) is 58.0 Å². The summed E-state index contributed by atoms with van der Waals surface area (Å²) in [5.74, 6) is 1.96. The van der Waals surface area contributed by atoms with Crippen LogP contribution in [0.25, 0.3) is 0 Å². The molecule has 7 heteroatoms. The normalized spacial score (nSPS) is 16.3. The van der Waals surface area contributed by atoms with Gasteiger partial charge in [0.15, 0.2) is 0 Å². The van der Waals surface area contributed by atoms with Gasteiger partial charge in [0.25, 0.3) is 0 Å². The summed E-state index contributed by atoms with van der Waals surface area (Å²) >= 11 is 0. The van der Waals surface area contributed by atoms with E-state index in [2.05, 4.69) is 63.1 Å². The van der Waals surface area contributed by atoms with E-state index in [0.29, 0.717) is 24.2 Å². The number of nitrogens with two attached hydrogens (primary N) is 1. The molecular weight excluding hydrogens is 314 g/mol. The molecular formula is C18H27N7. The zero-order valence-electron chi connectivity index (χ0n) is 15.2. The van der Waals surface area contributed by atoms with Gasteiger partial charge in [0.05, 0.1) is 6.54 Å². The fraction of sp³-hybridized carbons (Fsp3) is 0.500. The van der Waals surface area contributed by atoms with Crippen LogP contribution in [0.4, 0.5) is 17.6 Å². The second kappa shape index (κ2) is 7.76. The number of nitrogens with zero attached hydrogens (tertiary/aromatic N) is 5. The summed E-state index contributed by atoms with van der Waals surface area (Å²) in [5.41, 5.74) is 8.12. The van der Waals surface area contributed by atoms with E-state index < -0.39 is 0 Å². The number of likely N-dealkylation sites (N-methyl/N-ethyl adjacent to an activating group) is 1. The molecule has 0 atom stereocenters. The number of anilines is 3. The SMILES string of the molecule is CC(C)c1ccc(Nc2nc(N)nc(CN3CCN(C)CC3)n2)cc1. The molecule has 0 radical (unpaired) electrons. The fourth-order valence-electron chi connectivity index (χ4n) is 2.85. The molecule has 1 aliphatic heterocycles. The van der Waals surface area contributed by atoms with Gasteiger partial charge in [-0.05, 0) is 30.7 Å². The molecule has 7 nitrogen and oxygen atoms in total. The second-order valence-corrected chi connectivity index (χ2v) is 6.91. The van der Waals surface area contributed by atoms with Crippen LogP contribution in [0.2, 0.25) is 0 Å². The predicted octanol–water partition coefficient (Wildman–Crippen LogP) is 2.07. The van der Waals surface area contributed by atoms with Crippen molar-refractivity contribution in [3.63, 3.8) is 0 Å². The molecule has 2 aromatic rings. The van der Waals surface area contributed by atoms with Crippen molar-refractivity contribution >= 4 is 17.6 Å². The van der Waals surface area contributed by atoms with Crippen molar-refractivity contribution in [1.82, 2.24) is 24.8 Å². The Kier molecular flexibility index (Phi) is 5.45. The topological polar surface area (TPSA) is 83.2 Å². The van der Waals surface area contributed by atoms with Gasteiger partial charge < -0.3 is 16.0 Å². The standard InChI is InChI=1S/C18H27N7/c1-13(2)14-4-6-15(7-5-14)20-18-22-16(21-17(19)23-18)12-25-10-8-24(3)9-11-25/h4-7,13H,8-12H2,1-3H3,(H3,19,20,21,22,23). The minimum Gasteiger partial charge on any atom is -0.368 e. The number of rotatable bonds is 5. The van der Waals surface area contributed by atoms with E-state index >= 15 is 0 Å². The minimum absolute atomic E-state index is 0.250. The Labute approximate surface area is 149 Å². The van der Waals surface area contributed by atoms with Crippen LogP contribution < -0.4 is 11.1 Å². The zero-order valence-corrected chi connectivity index (χ0v) is 15.2. The second-order valence-electron chi connectivity index (χ2n) is 6.91. The third-order valence-electron chi connectivity index (χ3n) is 4.49. The van der Waals surface area contributed by atoms with E-state index in [1.165, 1.54) is 5.56 Å². The Morgan fingerprint density at radius 1 is 1.04 bits per heavy atom. The van der Waals surface area contributed by atoms with Gasteiger partial charge in [-0.25, -0.2) is 0 Å². The van der Waals surface area contributed by atoms with E-state index in [1.54, 1.807) is 0 Å². The van der Waals surface area contributed by atoms with Crippen molar-refractivity contribution < 1.29 is 0 Å². The van der Waals surface area contributed by atoms with Crippen LogP contribution in [0, 0.1) is 0 Å². The molecule has 0 bridgehead atoms. The third kappa shape index (κ3) is 4.87. The molecule has 3 N–H and O–H groups in total. The number of aromatic nitrogens is 3. The lowest BCUT2D eigenvalue weighted by molar-refractivity contribution is 0.145. The zero-order chi connectivity index (χ0) is 17.8. The lowest BCUT2D eigenvalue weighted by Crippen LogP contribution is -2.44. The van der Waals surface area contributed by atoms with Crippen molar-refractivity contribution in [2.45, 2.75) is 26.3 Å². The number of hydrogen-bond donors (Lipinski definition) is 2. The molecule has 1 saturated heterocycles. The van der Waals surface area contributed by atoms with Crippen LogP contribution in [0.3, 0.4) is 0 Å². The first-order valence-corrected chi connectivity index (χ1v) is 8.78. The number of nitrogen functional groups attached to an aromatic ring is 1. The molecule has 1 aromatic carbocycles. The van der Waals surface area contributed by atoms with Crippen LogP contribution in [-0.2, 0) is 6.54 Å². The minimum atomic E-state index is 0.250. The van der Waals surface area contributed by atoms with Crippen molar-refractivity contribution in [2.24, 2.45) is 0 Å². The fourth-order valence-corrected chi connectivity index (χ4v) is 2.85. The number of nitrogens with one attached hydrogen (secondary N) is 1. The van der Waals surface area contributed by atoms with E-state index in [-0.39, 0.29) is 5.95 Å². The molecule has 0 amide bonds. The van der Waals surface area contributed by atoms with Gasteiger partial charge in [0, 0.05) is 31.9 Å². The van der Waals surface area contributed by atoms with Gasteiger partial charge in [-0.2, -0.15) is 15.0 Å². The van der Waals surface area contributed by atoms with Crippen molar-refractivity contribution in [1.29, 1.82) is 0 Å². The molecule has 1 aliphatic rings. The Bertz CT molecular complexity index is 691. The van der Waals surface area contributed by atoms with E-state index in [0.717, 1.165) is 31.9 Å². The van der Waals surface area contributed by atoms with Crippen LogP contribution in [0.1, 0.15) is 31.2 Å². The Morgan fingerprint density at radius 3 is 2.36 bits per heavy atom. The summed E-state index contributed by atoms with van der Waals surface area (Å²) < 4.78 is 0. The van der Waals surface area contributed by atoms with Crippen LogP contribution >= 0.6 is 0 Å². The van der Waals surface area contributed by atoms with Gasteiger partial charge in [0.2, 0.25) is 11.9 Å². The summed E-state index contributed by atoms with van der Waals surface area (Å²) in [6, 6.07) is 8.30. The molecule has 0 aliphatic carbocycles. The summed E-state index contributed by atoms with van der Waals surface area (Å²) in [6.07, 6.45) is 0. The molecule has 134 valence electrons. The lowest BCUT2D eigenvalue weighted by atomic mass is 10.0. The van der Waals surface area contributed by atoms with E-state index in [4.69, 9.17) is 5.73 Å². The molecule has 3 rings (SSSR count). The third-order valence-corrected chi connectivity index (χ3v) is 4.49. The molecule has 1 aromatic heterocycles. The number of piperazine rings is 1. The molecule has 2 heterocycles. The van der Waals surface area contributed by atoms with Crippen LogP contribution in [0.15, 0.2) is 24.3 Å². The highest BCUT2D eigenvalue weighted by molar-refractivity contribution is 5.54. The van der Waals surface area contributed by atoms with Crippen molar-refractivity contribution in [2.75, 3.05) is 44.3 Å². The van der Waals surface area contributed by atoms with Crippen molar-refractivity contribution in [3.05, 3.63) is 35.7 Å². The maximum atomic E-state index is 5.88. The van der Waals surface area contributed by atoms with Gasteiger partial charge in [-0.3, -0.25) is 4.90 Å². The van der Waals surface area contributed by atoms with E-state index in [9.17, 15) is 0 Å². The van der Waals surface area contributed by atoms with E-state index in [1.807, 2.05) is 12.1 Å². The molecule has 0 saturated carbocycles. The first-order valence-electron chi connectivity index (χ1n) is 8.78. The highest BCUT2D eigenvalue weighted by atomic mass is 15.3. The molecule has 0 spiro atoms. The summed E-state index contributed by atoms with van der Waals surface area (Å²) in [6.45, 7) is 9.21. The highest BCUT2D eigenvalue weighted by Gasteiger charge is 2.16. The summed E-state index contributed by atoms with van der Waals surface area (Å²) in [5, 5.41) is 3.23. The largest absolute Gasteiger partial charge is 0.368 e. The molecule has 0 unspecified atom stereocenters. The van der Waals surface area contributed by atoms with Crippen molar-refractivity contribution in [3.8, 4) is 0 Å². The van der Waals surface area contributed by atoms with Gasteiger partial charge in [0.1, 0.15) is 5.82 Å². The number of hydrogen-bond acceptors (Lipinski definition) is 7. The average molecular weight is 341 g/mol.